The molecule has 0 bridgehead atoms. The first-order valence-corrected chi connectivity index (χ1v) is 21.2. The van der Waals surface area contributed by atoms with Crippen LogP contribution in [0.4, 0.5) is 18.9 Å². The van der Waals surface area contributed by atoms with Gasteiger partial charge in [-0.15, -0.1) is 0 Å². The number of halogens is 3. The van der Waals surface area contributed by atoms with Crippen molar-refractivity contribution in [3.8, 4) is 39.7 Å². The number of nitriles is 1. The van der Waals surface area contributed by atoms with Gasteiger partial charge in [-0.1, -0.05) is 103 Å². The van der Waals surface area contributed by atoms with Crippen molar-refractivity contribution in [3.05, 3.63) is 198 Å². The first kappa shape index (κ1) is 37.5. The van der Waals surface area contributed by atoms with E-state index in [1.807, 2.05) is 103 Å². The Morgan fingerprint density at radius 1 is 0.485 bits per heavy atom. The van der Waals surface area contributed by atoms with Crippen LogP contribution in [-0.4, -0.2) is 9.13 Å². The van der Waals surface area contributed by atoms with Crippen molar-refractivity contribution in [2.75, 3.05) is 0 Å². The Kier molecular flexibility index (Phi) is 7.80. The van der Waals surface area contributed by atoms with Crippen LogP contribution in [0.2, 0.25) is 0 Å². The Labute approximate surface area is 372 Å². The summed E-state index contributed by atoms with van der Waals surface area (Å²) in [6.07, 6.45) is -4.62. The fourth-order valence-electron chi connectivity index (χ4n) is 10.2. The first-order valence-electron chi connectivity index (χ1n) is 21.2. The van der Waals surface area contributed by atoms with Crippen molar-refractivity contribution in [1.29, 1.82) is 5.26 Å². The summed E-state index contributed by atoms with van der Waals surface area (Å²) in [4.78, 5) is 3.60. The van der Waals surface area contributed by atoms with Crippen LogP contribution < -0.4 is 0 Å². The highest BCUT2D eigenvalue weighted by Gasteiger charge is 2.31. The molecule has 0 amide bonds. The van der Waals surface area contributed by atoms with Gasteiger partial charge in [-0.05, 0) is 83.9 Å². The van der Waals surface area contributed by atoms with Crippen molar-refractivity contribution in [2.24, 2.45) is 0 Å². The molecule has 0 spiro atoms. The number of benzene rings is 9. The number of nitrogens with zero attached hydrogens (tertiary/aromatic N) is 4. The van der Waals surface area contributed by atoms with E-state index in [1.54, 1.807) is 6.07 Å². The largest absolute Gasteiger partial charge is 0.455 e. The topological polar surface area (TPSA) is 64.3 Å². The summed E-state index contributed by atoms with van der Waals surface area (Å²) in [5, 5.41) is 18.2. The summed E-state index contributed by atoms with van der Waals surface area (Å²) in [7, 11) is 0. The highest BCUT2D eigenvalue weighted by atomic mass is 19.4. The van der Waals surface area contributed by atoms with Crippen molar-refractivity contribution in [1.82, 2.24) is 9.13 Å². The molecule has 4 heterocycles. The van der Waals surface area contributed by atoms with Gasteiger partial charge in [0.25, 0.3) is 0 Å². The molecule has 0 saturated carbocycles. The molecule has 310 valence electrons. The van der Waals surface area contributed by atoms with Gasteiger partial charge in [0.2, 0.25) is 0 Å². The highest BCUT2D eigenvalue weighted by Crippen LogP contribution is 2.47. The van der Waals surface area contributed by atoms with E-state index in [1.165, 1.54) is 6.07 Å². The molecule has 0 aliphatic carbocycles. The van der Waals surface area contributed by atoms with Crippen LogP contribution in [0.25, 0.3) is 126 Å². The maximum absolute atomic E-state index is 14.0. The third kappa shape index (κ3) is 5.29. The molecule has 0 fully saturated rings. The number of aromatic nitrogens is 2. The Bertz CT molecular complexity index is 4320. The third-order valence-electron chi connectivity index (χ3n) is 13.0. The number of fused-ring (bicyclic) bond motifs is 14. The third-order valence-corrected chi connectivity index (χ3v) is 13.0. The van der Waals surface area contributed by atoms with Gasteiger partial charge in [0, 0.05) is 49.0 Å². The molecule has 0 N–H and O–H groups in total. The van der Waals surface area contributed by atoms with Crippen LogP contribution in [0.1, 0.15) is 11.1 Å². The molecule has 0 unspecified atom stereocenters. The van der Waals surface area contributed by atoms with E-state index in [4.69, 9.17) is 15.4 Å². The van der Waals surface area contributed by atoms with Crippen molar-refractivity contribution >= 4 is 93.2 Å². The SMILES string of the molecule is [C-]#[N+]c1cc(C(F)(F)F)ccc1-c1ccc(-c2ccc(C#N)cc2-n2c3ccccc3c3c4oc5ccccc5c4ccc32)c(-n2c3ccccc3c3c4oc5ccccc5c4ccc32)c1. The second kappa shape index (κ2) is 13.7. The van der Waals surface area contributed by atoms with Crippen LogP contribution in [0.5, 0.6) is 0 Å². The van der Waals surface area contributed by atoms with Gasteiger partial charge in [-0.2, -0.15) is 18.4 Å². The van der Waals surface area contributed by atoms with E-state index >= 15 is 0 Å². The van der Waals surface area contributed by atoms with Gasteiger partial charge in [0.1, 0.15) is 22.3 Å². The molecule has 0 radical (unpaired) electrons. The number of rotatable bonds is 4. The van der Waals surface area contributed by atoms with Gasteiger partial charge in [0.05, 0.1) is 62.4 Å². The minimum atomic E-state index is -4.62. The lowest BCUT2D eigenvalue weighted by molar-refractivity contribution is -0.137. The standard InChI is InChI=1S/C57H29F3N4O2/c1-62-44-30-34(57(58,59)60)20-23-35(44)33-19-22-37(50(29-33)64-46-15-7-3-13-43(46)54-48(64)27-25-41-39-11-5-9-17-52(39)66-56(41)54)36-21-18-32(31-61)28-49(36)63-45-14-6-2-12-42(45)53-47(63)26-24-40-38-10-4-8-16-51(38)65-55(40)53/h2-30H. The molecule has 9 heteroatoms. The van der Waals surface area contributed by atoms with Gasteiger partial charge in [0.15, 0.2) is 5.69 Å². The van der Waals surface area contributed by atoms with Gasteiger partial charge >= 0.3 is 6.18 Å². The summed E-state index contributed by atoms with van der Waals surface area (Å²) in [5.74, 6) is 0. The van der Waals surface area contributed by atoms with E-state index in [0.717, 1.165) is 116 Å². The second-order valence-corrected chi connectivity index (χ2v) is 16.5. The van der Waals surface area contributed by atoms with E-state index < -0.39 is 11.7 Å². The molecule has 6 nitrogen and oxygen atoms in total. The van der Waals surface area contributed by atoms with Gasteiger partial charge < -0.3 is 18.0 Å². The lowest BCUT2D eigenvalue weighted by Gasteiger charge is -2.20. The maximum Gasteiger partial charge on any atom is 0.415 e. The number of hydrogen-bond acceptors (Lipinski definition) is 3. The fraction of sp³-hybridized carbons (Fsp3) is 0.0175. The van der Waals surface area contributed by atoms with Crippen LogP contribution >= 0.6 is 0 Å². The number of hydrogen-bond donors (Lipinski definition) is 0. The molecule has 0 aliphatic rings. The Morgan fingerprint density at radius 3 is 1.53 bits per heavy atom. The number of furan rings is 2. The Morgan fingerprint density at radius 2 is 0.985 bits per heavy atom. The zero-order valence-electron chi connectivity index (χ0n) is 34.5. The normalized spacial score (nSPS) is 12.1. The van der Waals surface area contributed by atoms with E-state index in [0.29, 0.717) is 22.4 Å². The minimum Gasteiger partial charge on any atom is -0.455 e. The van der Waals surface area contributed by atoms with E-state index in [-0.39, 0.29) is 5.69 Å². The van der Waals surface area contributed by atoms with Crippen LogP contribution in [0.3, 0.4) is 0 Å². The fourth-order valence-corrected chi connectivity index (χ4v) is 10.2. The zero-order valence-corrected chi connectivity index (χ0v) is 34.5. The molecule has 13 aromatic rings. The molecule has 13 rings (SSSR count). The predicted octanol–water partition coefficient (Wildman–Crippen LogP) is 16.5. The van der Waals surface area contributed by atoms with Crippen LogP contribution in [-0.2, 0) is 6.18 Å². The Hall–Kier alpha value is -9.05. The summed E-state index contributed by atoms with van der Waals surface area (Å²) in [6.45, 7) is 8.01. The van der Waals surface area contributed by atoms with Gasteiger partial charge in [-0.25, -0.2) is 4.85 Å². The summed E-state index contributed by atoms with van der Waals surface area (Å²) < 4.78 is 59.6. The van der Waals surface area contributed by atoms with Crippen molar-refractivity contribution in [2.45, 2.75) is 6.18 Å². The van der Waals surface area contributed by atoms with Gasteiger partial charge in [-0.3, -0.25) is 0 Å². The monoisotopic (exact) mass is 858 g/mol. The average molecular weight is 859 g/mol. The number of alkyl halides is 3. The molecule has 4 aromatic heterocycles. The van der Waals surface area contributed by atoms with Crippen LogP contribution in [0, 0.1) is 17.9 Å². The van der Waals surface area contributed by atoms with Crippen molar-refractivity contribution < 1.29 is 22.0 Å². The molecule has 9 aromatic carbocycles. The van der Waals surface area contributed by atoms with Crippen molar-refractivity contribution in [3.63, 3.8) is 0 Å². The smallest absolute Gasteiger partial charge is 0.415 e. The summed E-state index contributed by atoms with van der Waals surface area (Å²) >= 11 is 0. The van der Waals surface area contributed by atoms with Crippen LogP contribution in [0.15, 0.2) is 185 Å². The summed E-state index contributed by atoms with van der Waals surface area (Å²) in [5.41, 5.74) is 9.94. The Balaban J connectivity index is 1.15. The predicted molar refractivity (Wildman–Crippen MR) is 257 cm³/mol. The van der Waals surface area contributed by atoms with E-state index in [9.17, 15) is 18.4 Å². The average Bonchev–Trinajstić information content (AvgIpc) is 4.11. The molecule has 0 aliphatic heterocycles. The molecule has 0 saturated heterocycles. The quantitative estimate of drug-likeness (QED) is 0.166. The first-order chi connectivity index (χ1) is 32.3. The van der Waals surface area contributed by atoms with E-state index in [2.05, 4.69) is 68.6 Å². The molecular formula is C57H29F3N4O2. The molecule has 0 atom stereocenters. The minimum absolute atomic E-state index is 0.115. The molecular weight excluding hydrogens is 830 g/mol. The summed E-state index contributed by atoms with van der Waals surface area (Å²) in [6, 6.07) is 57.7. The second-order valence-electron chi connectivity index (χ2n) is 16.5. The maximum atomic E-state index is 14.0. The molecule has 66 heavy (non-hydrogen) atoms. The highest BCUT2D eigenvalue weighted by molar-refractivity contribution is 6.25. The zero-order chi connectivity index (χ0) is 44.4. The lowest BCUT2D eigenvalue weighted by atomic mass is 9.94. The number of para-hydroxylation sites is 4. The lowest BCUT2D eigenvalue weighted by Crippen LogP contribution is -2.04.